The lowest BCUT2D eigenvalue weighted by atomic mass is 9.71. The highest BCUT2D eigenvalue weighted by Gasteiger charge is 2.30. The third-order valence-corrected chi connectivity index (χ3v) is 8.53. The van der Waals surface area contributed by atoms with E-state index in [-0.39, 0.29) is 16.9 Å². The van der Waals surface area contributed by atoms with Gasteiger partial charge < -0.3 is 5.11 Å². The van der Waals surface area contributed by atoms with Crippen LogP contribution in [0.5, 0.6) is 0 Å². The van der Waals surface area contributed by atoms with Gasteiger partial charge in [-0.1, -0.05) is 141 Å². The topological polar surface area (TPSA) is 20.2 Å². The largest absolute Gasteiger partial charge is 0.389 e. The van der Waals surface area contributed by atoms with Gasteiger partial charge in [-0.3, -0.25) is 0 Å². The van der Waals surface area contributed by atoms with Crippen LogP contribution >= 0.6 is 0 Å². The highest BCUT2D eigenvalue weighted by Crippen LogP contribution is 2.41. The summed E-state index contributed by atoms with van der Waals surface area (Å²) in [4.78, 5) is 0. The van der Waals surface area contributed by atoms with Gasteiger partial charge in [-0.05, 0) is 101 Å². The molecule has 2 aliphatic carbocycles. The zero-order valence-corrected chi connectivity index (χ0v) is 27.6. The molecule has 0 saturated carbocycles. The second kappa shape index (κ2) is 15.9. The molecular weight excluding hydrogens is 496 g/mol. The monoisotopic (exact) mass is 552 g/mol. The van der Waals surface area contributed by atoms with Crippen LogP contribution in [-0.4, -0.2) is 11.2 Å². The Morgan fingerprint density at radius 2 is 1.07 bits per heavy atom. The quantitative estimate of drug-likeness (QED) is 0.267. The Bertz CT molecular complexity index is 1250. The van der Waals surface area contributed by atoms with Gasteiger partial charge in [0.1, 0.15) is 0 Å². The van der Waals surface area contributed by atoms with Crippen molar-refractivity contribution in [3.05, 3.63) is 130 Å². The van der Waals surface area contributed by atoms with E-state index in [0.29, 0.717) is 0 Å². The first kappa shape index (κ1) is 34.3. The number of hydrogen-bond donors (Lipinski definition) is 1. The van der Waals surface area contributed by atoms with Gasteiger partial charge in [0.25, 0.3) is 0 Å². The Kier molecular flexibility index (Phi) is 13.3. The molecule has 0 amide bonds. The van der Waals surface area contributed by atoms with Gasteiger partial charge in [-0.2, -0.15) is 0 Å². The standard InChI is InChI=1S/C40H56O/c1-30(18-13-20-32(3)23-25-36-34(5)22-15-28-39(36,7)8)16-11-12-17-31(2)19-14-21-33(4)24-26-37-35(6)38(41)27-29-40(37,9)10/h11-14,16-21,23-26,38,41H,15,22,27-29H2,1-10H3/b12-11+,18-13+,19-14+,25-23+,26-24+,30-16+,31-17+,32-20+,33-21+/t38-/m1/s1. The molecule has 0 saturated heterocycles. The zero-order valence-electron chi connectivity index (χ0n) is 27.6. The minimum Gasteiger partial charge on any atom is -0.389 e. The van der Waals surface area contributed by atoms with Gasteiger partial charge >= 0.3 is 0 Å². The molecule has 222 valence electrons. The van der Waals surface area contributed by atoms with Gasteiger partial charge in [-0.15, -0.1) is 0 Å². The summed E-state index contributed by atoms with van der Waals surface area (Å²) >= 11 is 0. The van der Waals surface area contributed by atoms with Crippen molar-refractivity contribution in [2.24, 2.45) is 10.8 Å². The van der Waals surface area contributed by atoms with E-state index in [2.05, 4.69) is 154 Å². The molecule has 1 N–H and O–H groups in total. The van der Waals surface area contributed by atoms with E-state index >= 15 is 0 Å². The third-order valence-electron chi connectivity index (χ3n) is 8.53. The van der Waals surface area contributed by atoms with E-state index in [9.17, 15) is 5.11 Å². The summed E-state index contributed by atoms with van der Waals surface area (Å²) in [6.07, 6.45) is 35.6. The van der Waals surface area contributed by atoms with Gasteiger partial charge in [0.2, 0.25) is 0 Å². The summed E-state index contributed by atoms with van der Waals surface area (Å²) in [6.45, 7) is 22.1. The average Bonchev–Trinajstić information content (AvgIpc) is 2.88. The van der Waals surface area contributed by atoms with Gasteiger partial charge in [0.05, 0.1) is 6.10 Å². The molecule has 1 atom stereocenters. The average molecular weight is 553 g/mol. The van der Waals surface area contributed by atoms with Gasteiger partial charge in [-0.25, -0.2) is 0 Å². The molecule has 2 aliphatic rings. The molecule has 0 aliphatic heterocycles. The molecule has 0 unspecified atom stereocenters. The van der Waals surface area contributed by atoms with E-state index in [1.807, 2.05) is 0 Å². The molecule has 1 heteroatoms. The van der Waals surface area contributed by atoms with E-state index < -0.39 is 0 Å². The lowest BCUT2D eigenvalue weighted by molar-refractivity contribution is 0.163. The summed E-state index contributed by atoms with van der Waals surface area (Å²) in [5.41, 5.74) is 10.7. The van der Waals surface area contributed by atoms with Crippen molar-refractivity contribution in [2.45, 2.75) is 107 Å². The van der Waals surface area contributed by atoms with Crippen LogP contribution in [-0.2, 0) is 0 Å². The predicted octanol–water partition coefficient (Wildman–Crippen LogP) is 11.6. The van der Waals surface area contributed by atoms with Crippen LogP contribution in [0.15, 0.2) is 130 Å². The molecule has 0 fully saturated rings. The first-order valence-corrected chi connectivity index (χ1v) is 15.4. The summed E-state index contributed by atoms with van der Waals surface area (Å²) in [5, 5.41) is 10.3. The van der Waals surface area contributed by atoms with Crippen molar-refractivity contribution < 1.29 is 5.11 Å². The second-order valence-electron chi connectivity index (χ2n) is 13.4. The highest BCUT2D eigenvalue weighted by atomic mass is 16.3. The molecule has 0 bridgehead atoms. The molecule has 0 heterocycles. The molecule has 41 heavy (non-hydrogen) atoms. The summed E-state index contributed by atoms with van der Waals surface area (Å²) in [6, 6.07) is 0. The third kappa shape index (κ3) is 11.5. The highest BCUT2D eigenvalue weighted by molar-refractivity contribution is 5.39. The SMILES string of the molecule is CC1=C(/C=C/C(C)=C/C=C/C(C)=C/C=C/C=C(C)/C=C/C=C(C)/C=C/C2=C(C)[C@H](O)CCC2(C)C)C(C)(C)CCC1. The summed E-state index contributed by atoms with van der Waals surface area (Å²) in [7, 11) is 0. The maximum atomic E-state index is 10.3. The minimum atomic E-state index is -0.308. The summed E-state index contributed by atoms with van der Waals surface area (Å²) in [5.74, 6) is 0. The Morgan fingerprint density at radius 1 is 0.634 bits per heavy atom. The van der Waals surface area contributed by atoms with Crippen molar-refractivity contribution in [3.63, 3.8) is 0 Å². The Balaban J connectivity index is 1.90. The molecule has 0 aromatic carbocycles. The van der Waals surface area contributed by atoms with Crippen LogP contribution in [0.3, 0.4) is 0 Å². The van der Waals surface area contributed by atoms with Gasteiger partial charge in [0, 0.05) is 0 Å². The first-order chi connectivity index (χ1) is 19.2. The smallest absolute Gasteiger partial charge is 0.0753 e. The number of hydrogen-bond acceptors (Lipinski definition) is 1. The number of allylic oxidation sites excluding steroid dienone is 21. The van der Waals surface area contributed by atoms with Crippen molar-refractivity contribution in [3.8, 4) is 0 Å². The first-order valence-electron chi connectivity index (χ1n) is 15.4. The molecule has 2 rings (SSSR count). The number of aliphatic hydroxyl groups excluding tert-OH is 1. The molecule has 0 spiro atoms. The van der Waals surface area contributed by atoms with Crippen LogP contribution in [0.25, 0.3) is 0 Å². The fraction of sp³-hybridized carbons (Fsp3) is 0.450. The predicted molar refractivity (Wildman–Crippen MR) is 183 cm³/mol. The minimum absolute atomic E-state index is 0.112. The molecule has 0 aromatic rings. The van der Waals surface area contributed by atoms with Gasteiger partial charge in [0.15, 0.2) is 0 Å². The van der Waals surface area contributed by atoms with Crippen LogP contribution in [0.2, 0.25) is 0 Å². The molecular formula is C40H56O. The fourth-order valence-electron chi connectivity index (χ4n) is 5.70. The molecule has 0 aromatic heterocycles. The zero-order chi connectivity index (χ0) is 30.6. The van der Waals surface area contributed by atoms with Crippen LogP contribution in [0.4, 0.5) is 0 Å². The van der Waals surface area contributed by atoms with E-state index in [1.165, 1.54) is 52.7 Å². The lowest BCUT2D eigenvalue weighted by Crippen LogP contribution is -2.27. The molecule has 0 radical (unpaired) electrons. The van der Waals surface area contributed by atoms with Crippen LogP contribution in [0, 0.1) is 10.8 Å². The Morgan fingerprint density at radius 3 is 1.59 bits per heavy atom. The lowest BCUT2D eigenvalue weighted by Gasteiger charge is -2.35. The van der Waals surface area contributed by atoms with E-state index in [1.54, 1.807) is 5.57 Å². The van der Waals surface area contributed by atoms with Crippen LogP contribution < -0.4 is 0 Å². The maximum absolute atomic E-state index is 10.3. The van der Waals surface area contributed by atoms with Crippen LogP contribution in [0.1, 0.15) is 101 Å². The Hall–Kier alpha value is -2.90. The van der Waals surface area contributed by atoms with Crippen molar-refractivity contribution in [2.75, 3.05) is 0 Å². The van der Waals surface area contributed by atoms with Crippen molar-refractivity contribution in [1.29, 1.82) is 0 Å². The Labute approximate surface area is 252 Å². The maximum Gasteiger partial charge on any atom is 0.0753 e. The normalized spacial score (nSPS) is 23.5. The number of rotatable bonds is 10. The number of aliphatic hydroxyl groups is 1. The summed E-state index contributed by atoms with van der Waals surface area (Å²) < 4.78 is 0. The van der Waals surface area contributed by atoms with E-state index in [0.717, 1.165) is 18.4 Å². The van der Waals surface area contributed by atoms with Crippen molar-refractivity contribution in [1.82, 2.24) is 0 Å². The second-order valence-corrected chi connectivity index (χ2v) is 13.4. The molecule has 1 nitrogen and oxygen atoms in total. The van der Waals surface area contributed by atoms with Crippen molar-refractivity contribution >= 4 is 0 Å². The fourth-order valence-corrected chi connectivity index (χ4v) is 5.70. The van der Waals surface area contributed by atoms with E-state index in [4.69, 9.17) is 0 Å².